The molecule has 6 rings (SSSR count). The van der Waals surface area contributed by atoms with Crippen LogP contribution in [-0.2, 0) is 0 Å². The van der Waals surface area contributed by atoms with Crippen molar-refractivity contribution in [3.8, 4) is 11.9 Å². The Bertz CT molecular complexity index is 2020. The van der Waals surface area contributed by atoms with Crippen LogP contribution in [0.4, 0.5) is 59.5 Å². The number of H-pyrrole nitrogens is 2. The van der Waals surface area contributed by atoms with E-state index in [2.05, 4.69) is 139 Å². The molecule has 0 aliphatic heterocycles. The summed E-state index contributed by atoms with van der Waals surface area (Å²) in [5.74, 6) is 5.91. The summed E-state index contributed by atoms with van der Waals surface area (Å²) in [4.78, 5) is 16.1. The smallest absolute Gasteiger partial charge is 0.292 e. The van der Waals surface area contributed by atoms with Gasteiger partial charge in [0.15, 0.2) is 0 Å². The highest BCUT2D eigenvalue weighted by molar-refractivity contribution is 6.16. The van der Waals surface area contributed by atoms with Gasteiger partial charge in [0.2, 0.25) is 23.8 Å². The Labute approximate surface area is 263 Å². The Hall–Kier alpha value is -8.19. The molecule has 244 valence electrons. The van der Waals surface area contributed by atoms with Gasteiger partial charge in [-0.1, -0.05) is 0 Å². The monoisotopic (exact) mass is 660 g/mol. The van der Waals surface area contributed by atoms with E-state index < -0.39 is 0 Å². The molecule has 48 heavy (non-hydrogen) atoms. The van der Waals surface area contributed by atoms with Crippen molar-refractivity contribution in [2.75, 3.05) is 43.8 Å². The van der Waals surface area contributed by atoms with Crippen LogP contribution in [0.5, 0.6) is 0 Å². The average molecular weight is 661 g/mol. The van der Waals surface area contributed by atoms with E-state index in [1.165, 1.54) is 12.4 Å². The van der Waals surface area contributed by atoms with Gasteiger partial charge in [-0.05, 0) is 6.92 Å². The number of hydrogen-bond donors (Lipinski definition) is 11. The number of aromatic amines is 2. The van der Waals surface area contributed by atoms with Gasteiger partial charge in [-0.15, -0.1) is 61.2 Å². The van der Waals surface area contributed by atoms with Crippen molar-refractivity contribution in [2.24, 2.45) is 21.1 Å². The lowest BCUT2D eigenvalue weighted by Gasteiger charge is -2.00. The molecule has 0 aliphatic carbocycles. The lowest BCUT2D eigenvalue weighted by Crippen LogP contribution is -2.12. The number of aromatic nitrogens is 20. The molecule has 0 spiro atoms. The van der Waals surface area contributed by atoms with Crippen molar-refractivity contribution in [1.82, 2.24) is 101 Å². The Morgan fingerprint density at radius 2 is 1.04 bits per heavy atom. The third-order valence-electron chi connectivity index (χ3n) is 4.98. The summed E-state index contributed by atoms with van der Waals surface area (Å²) in [6.07, 6.45) is 4.12. The molecule has 0 radical (unpaired) electrons. The molecule has 6 aromatic rings. The number of nitrogens with zero attached hydrogens (tertiary/aromatic N) is 21. The summed E-state index contributed by atoms with van der Waals surface area (Å²) in [5, 5.41) is 69.3. The van der Waals surface area contributed by atoms with Crippen molar-refractivity contribution in [2.45, 2.75) is 6.92 Å². The summed E-state index contributed by atoms with van der Waals surface area (Å²) in [7, 11) is 0. The van der Waals surface area contributed by atoms with Crippen LogP contribution < -0.4 is 49.6 Å². The number of anilines is 10. The first-order chi connectivity index (χ1) is 23.5. The molecule has 0 saturated heterocycles. The van der Waals surface area contributed by atoms with Gasteiger partial charge in [0.05, 0.1) is 12.4 Å². The third kappa shape index (κ3) is 7.12. The number of nitrogen functional groups attached to an aromatic ring is 3. The van der Waals surface area contributed by atoms with Crippen LogP contribution in [0.15, 0.2) is 15.3 Å². The highest BCUT2D eigenvalue weighted by Crippen LogP contribution is 2.12. The minimum Gasteiger partial charge on any atom is -0.368 e. The number of hydrazone groups is 3. The molecule has 0 atom stereocenters. The quantitative estimate of drug-likeness (QED) is 0.0302. The first-order valence-electron chi connectivity index (χ1n) is 12.7. The Morgan fingerprint density at radius 3 is 1.52 bits per heavy atom. The van der Waals surface area contributed by atoms with E-state index >= 15 is 0 Å². The predicted octanol–water partition coefficient (Wildman–Crippen LogP) is -3.91. The van der Waals surface area contributed by atoms with Gasteiger partial charge in [-0.3, -0.25) is 16.1 Å². The fraction of sp³-hybridized carbons (Fsp3) is 0.0625. The second kappa shape index (κ2) is 13.6. The zero-order valence-electron chi connectivity index (χ0n) is 23.9. The Kier molecular flexibility index (Phi) is 8.48. The molecule has 32 heteroatoms. The Balaban J connectivity index is 0.960. The van der Waals surface area contributed by atoms with E-state index in [-0.39, 0.29) is 71.4 Å². The minimum absolute atomic E-state index is 0.00270. The maximum Gasteiger partial charge on any atom is 0.292 e. The normalized spacial score (nSPS) is 11.5. The van der Waals surface area contributed by atoms with Crippen LogP contribution >= 0.6 is 0 Å². The third-order valence-corrected chi connectivity index (χ3v) is 4.98. The highest BCUT2D eigenvalue weighted by atomic mass is 15.6. The van der Waals surface area contributed by atoms with E-state index in [0.29, 0.717) is 0 Å². The largest absolute Gasteiger partial charge is 0.368 e. The first kappa shape index (κ1) is 29.9. The van der Waals surface area contributed by atoms with Crippen LogP contribution in [0.3, 0.4) is 0 Å². The van der Waals surface area contributed by atoms with Gasteiger partial charge in [-0.25, -0.2) is 32.3 Å². The van der Waals surface area contributed by atoms with Crippen LogP contribution in [0.1, 0.15) is 6.92 Å². The molecule has 6 heterocycles. The van der Waals surface area contributed by atoms with Crippen molar-refractivity contribution < 1.29 is 0 Å². The van der Waals surface area contributed by atoms with Crippen LogP contribution in [0, 0.1) is 0 Å². The van der Waals surface area contributed by atoms with Crippen molar-refractivity contribution in [1.29, 1.82) is 0 Å². The molecule has 0 fully saturated rings. The second-order valence-corrected chi connectivity index (χ2v) is 8.15. The van der Waals surface area contributed by atoms with Crippen molar-refractivity contribution in [3.63, 3.8) is 0 Å². The molecule has 0 aromatic carbocycles. The number of nitrogens with two attached hydrogens (primary N) is 3. The fourth-order valence-electron chi connectivity index (χ4n) is 3.10. The topological polar surface area (TPSA) is 435 Å². The van der Waals surface area contributed by atoms with Crippen LogP contribution in [0.25, 0.3) is 11.9 Å². The summed E-state index contributed by atoms with van der Waals surface area (Å²) in [6.45, 7) is 1.74. The van der Waals surface area contributed by atoms with Crippen LogP contribution in [-0.4, -0.2) is 119 Å². The summed E-state index contributed by atoms with van der Waals surface area (Å²) >= 11 is 0. The predicted molar refractivity (Wildman–Crippen MR) is 163 cm³/mol. The van der Waals surface area contributed by atoms with E-state index in [1.54, 1.807) is 13.1 Å². The summed E-state index contributed by atoms with van der Waals surface area (Å²) < 4.78 is 2.19. The molecular weight excluding hydrogens is 640 g/mol. The van der Waals surface area contributed by atoms with Gasteiger partial charge in [-0.2, -0.15) is 44.6 Å². The Morgan fingerprint density at radius 1 is 0.583 bits per heavy atom. The van der Waals surface area contributed by atoms with E-state index in [4.69, 9.17) is 17.3 Å². The van der Waals surface area contributed by atoms with Crippen LogP contribution in [0.2, 0.25) is 0 Å². The fourth-order valence-corrected chi connectivity index (χ4v) is 3.10. The maximum atomic E-state index is 5.90. The van der Waals surface area contributed by atoms with Gasteiger partial charge in [0.25, 0.3) is 47.6 Å². The molecule has 6 aromatic heterocycles. The van der Waals surface area contributed by atoms with Gasteiger partial charge in [0, 0.05) is 6.21 Å². The minimum atomic E-state index is -0.0599. The van der Waals surface area contributed by atoms with Gasteiger partial charge in [0.1, 0.15) is 0 Å². The van der Waals surface area contributed by atoms with Crippen molar-refractivity contribution in [3.05, 3.63) is 0 Å². The van der Waals surface area contributed by atoms with Crippen molar-refractivity contribution >= 4 is 78.1 Å². The molecule has 32 nitrogen and oxygen atoms in total. The molecule has 14 N–H and O–H groups in total. The molecule has 0 bridgehead atoms. The second-order valence-electron chi connectivity index (χ2n) is 8.15. The number of hydrazine groups is 1. The van der Waals surface area contributed by atoms with E-state index in [1.807, 2.05) is 0 Å². The number of rotatable bonds is 14. The zero-order valence-corrected chi connectivity index (χ0v) is 23.9. The van der Waals surface area contributed by atoms with E-state index in [9.17, 15) is 0 Å². The lowest BCUT2D eigenvalue weighted by molar-refractivity contribution is 0.738. The SMILES string of the molecule is C/C=N/Nc1n[nH]c(Nc2nnc(-n3nc(N/N=C/C=N/Nc4n[nH]c(Nc5nnc(-n6nc(NN)nc6N)nn5)n4)nc3N)nn2)n1. The summed E-state index contributed by atoms with van der Waals surface area (Å²) in [6, 6.07) is 0. The molecule has 0 saturated carbocycles. The number of hydrogen-bond acceptors (Lipinski definition) is 28. The average Bonchev–Trinajstić information content (AvgIpc) is 3.90. The highest BCUT2D eigenvalue weighted by Gasteiger charge is 2.14. The molecule has 0 aliphatic rings. The number of nitrogens with one attached hydrogen (secondary N) is 8. The van der Waals surface area contributed by atoms with E-state index in [0.717, 1.165) is 9.36 Å². The summed E-state index contributed by atoms with van der Waals surface area (Å²) in [5.41, 5.74) is 21.6. The molecule has 0 amide bonds. The first-order valence-corrected chi connectivity index (χ1v) is 12.7. The maximum absolute atomic E-state index is 5.90. The lowest BCUT2D eigenvalue weighted by atomic mass is 10.8. The zero-order chi connectivity index (χ0) is 33.3. The molecule has 0 unspecified atom stereocenters. The van der Waals surface area contributed by atoms with Gasteiger partial charge < -0.3 is 11.5 Å². The van der Waals surface area contributed by atoms with Gasteiger partial charge >= 0.3 is 0 Å². The molecular formula is C16H20N32. The standard InChI is InChI=1S/C16H20N32/c1-2-20-30-10-25-7(33-35-10)27-12-39-43-16(44-40-12)48-6(18)24-14(46-48)32-22-4-3-21-31-11-26-8(34-36-11)28-13-37-41-15(42-38-13)47-5(17)23-9(29-19)45-47/h2-4H,19H2,1H3,(H3,17,23,29,45)(H3,18,24,32,46)(H3,25,27,30,33,35,39,40)(H3,26,28,31,34,36,37,38)/b20-2+,21-3+,22-4+.